The third kappa shape index (κ3) is 7.88. The SMILES string of the molecule is CCS(=O)(=O)c1ccc(Cl)cc1Cn1cnc2c(Cl)c(CN3CCC[C@H](NC(=O)[C@H](C)NC(=O)O)C3)c(C(F)(F)F)cc2c1=O. The van der Waals surface area contributed by atoms with Gasteiger partial charge < -0.3 is 15.7 Å². The highest BCUT2D eigenvalue weighted by Crippen LogP contribution is 2.39. The van der Waals surface area contributed by atoms with Crippen molar-refractivity contribution in [2.45, 2.75) is 62.9 Å². The molecule has 1 fully saturated rings. The molecule has 0 radical (unpaired) electrons. The number of nitrogens with zero attached hydrogens (tertiary/aromatic N) is 3. The fraction of sp³-hybridized carbons (Fsp3) is 0.429. The van der Waals surface area contributed by atoms with Crippen LogP contribution >= 0.6 is 23.2 Å². The van der Waals surface area contributed by atoms with Gasteiger partial charge in [-0.3, -0.25) is 19.1 Å². The van der Waals surface area contributed by atoms with Gasteiger partial charge in [0.25, 0.3) is 5.56 Å². The number of amides is 2. The molecule has 2 aromatic carbocycles. The highest BCUT2D eigenvalue weighted by Gasteiger charge is 2.37. The van der Waals surface area contributed by atoms with Gasteiger partial charge in [0, 0.05) is 24.2 Å². The van der Waals surface area contributed by atoms with Crippen LogP contribution < -0.4 is 16.2 Å². The van der Waals surface area contributed by atoms with Crippen LogP contribution in [0.1, 0.15) is 43.4 Å². The Labute approximate surface area is 266 Å². The van der Waals surface area contributed by atoms with E-state index in [0.717, 1.165) is 10.9 Å². The van der Waals surface area contributed by atoms with Gasteiger partial charge in [0.05, 0.1) is 45.0 Å². The number of sulfone groups is 1. The largest absolute Gasteiger partial charge is 0.465 e. The van der Waals surface area contributed by atoms with E-state index in [-0.39, 0.29) is 57.0 Å². The predicted molar refractivity (Wildman–Crippen MR) is 161 cm³/mol. The van der Waals surface area contributed by atoms with Crippen LogP contribution in [-0.4, -0.2) is 70.9 Å². The number of piperidine rings is 1. The molecule has 17 heteroatoms. The Morgan fingerprint density at radius 2 is 1.91 bits per heavy atom. The minimum atomic E-state index is -4.89. The normalized spacial score (nSPS) is 16.8. The second-order valence-electron chi connectivity index (χ2n) is 10.7. The van der Waals surface area contributed by atoms with Crippen molar-refractivity contribution in [2.24, 2.45) is 0 Å². The number of nitrogens with one attached hydrogen (secondary N) is 2. The minimum Gasteiger partial charge on any atom is -0.465 e. The molecule has 1 saturated heterocycles. The number of benzene rings is 2. The lowest BCUT2D eigenvalue weighted by atomic mass is 10.00. The summed E-state index contributed by atoms with van der Waals surface area (Å²) < 4.78 is 69.4. The number of aromatic nitrogens is 2. The van der Waals surface area contributed by atoms with E-state index in [1.165, 1.54) is 32.0 Å². The van der Waals surface area contributed by atoms with Crippen molar-refractivity contribution in [1.82, 2.24) is 25.1 Å². The number of fused-ring (bicyclic) bond motifs is 1. The van der Waals surface area contributed by atoms with Crippen LogP contribution in [-0.2, 0) is 33.9 Å². The molecule has 45 heavy (non-hydrogen) atoms. The Balaban J connectivity index is 1.68. The Morgan fingerprint density at radius 1 is 1.20 bits per heavy atom. The van der Waals surface area contributed by atoms with E-state index < -0.39 is 56.6 Å². The van der Waals surface area contributed by atoms with E-state index in [1.54, 1.807) is 4.90 Å². The number of alkyl halides is 3. The summed E-state index contributed by atoms with van der Waals surface area (Å²) in [4.78, 5) is 42.5. The Hall–Kier alpha value is -3.40. The zero-order valence-corrected chi connectivity index (χ0v) is 26.4. The smallest absolute Gasteiger partial charge is 0.416 e. The van der Waals surface area contributed by atoms with Gasteiger partial charge in [-0.2, -0.15) is 13.2 Å². The first-order valence-electron chi connectivity index (χ1n) is 13.8. The molecule has 3 aromatic rings. The lowest BCUT2D eigenvalue weighted by Crippen LogP contribution is -2.52. The summed E-state index contributed by atoms with van der Waals surface area (Å²) in [5.41, 5.74) is -2.25. The van der Waals surface area contributed by atoms with Crippen LogP contribution in [0.2, 0.25) is 10.0 Å². The standard InChI is InChI=1S/C28H30Cl2F3N5O6S/c1-3-45(43,44)22-7-6-17(29)9-16(22)11-38-14-34-24-19(26(38)40)10-21(28(31,32)33)20(23(24)30)13-37-8-4-5-18(12-37)36-25(39)15(2)35-27(41)42/h6-7,9-10,14-15,18,35H,3-5,8,11-13H2,1-2H3,(H,36,39)(H,41,42)/t15-,18-/m0/s1. The van der Waals surface area contributed by atoms with Crippen molar-refractivity contribution < 1.29 is 36.3 Å². The fourth-order valence-corrected chi connectivity index (χ4v) is 6.87. The summed E-state index contributed by atoms with van der Waals surface area (Å²) in [7, 11) is -3.71. The first kappa shape index (κ1) is 34.5. The van der Waals surface area contributed by atoms with Crippen molar-refractivity contribution in [3.05, 3.63) is 67.7 Å². The summed E-state index contributed by atoms with van der Waals surface area (Å²) in [6, 6.07) is 3.30. The predicted octanol–water partition coefficient (Wildman–Crippen LogP) is 4.30. The zero-order chi connectivity index (χ0) is 33.3. The van der Waals surface area contributed by atoms with Gasteiger partial charge in [-0.1, -0.05) is 30.1 Å². The van der Waals surface area contributed by atoms with Gasteiger partial charge in [0.1, 0.15) is 6.04 Å². The van der Waals surface area contributed by atoms with Crippen LogP contribution in [0, 0.1) is 0 Å². The maximum Gasteiger partial charge on any atom is 0.416 e. The van der Waals surface area contributed by atoms with Crippen molar-refractivity contribution in [3.63, 3.8) is 0 Å². The molecule has 1 aromatic heterocycles. The summed E-state index contributed by atoms with van der Waals surface area (Å²) in [6.07, 6.45) is -4.09. The highest BCUT2D eigenvalue weighted by atomic mass is 35.5. The third-order valence-corrected chi connectivity index (χ3v) is 9.98. The third-order valence-electron chi connectivity index (χ3n) is 7.51. The van der Waals surface area contributed by atoms with Crippen LogP contribution in [0.3, 0.4) is 0 Å². The van der Waals surface area contributed by atoms with Crippen LogP contribution in [0.25, 0.3) is 10.9 Å². The molecule has 0 spiro atoms. The molecule has 4 rings (SSSR count). The van der Waals surface area contributed by atoms with Crippen LogP contribution in [0.5, 0.6) is 0 Å². The second kappa shape index (κ2) is 13.5. The molecule has 1 aliphatic heterocycles. The summed E-state index contributed by atoms with van der Waals surface area (Å²) in [6.45, 7) is 2.82. The molecule has 244 valence electrons. The number of halogens is 5. The number of rotatable bonds is 9. The number of carboxylic acid groups (broad SMARTS) is 1. The van der Waals surface area contributed by atoms with Gasteiger partial charge in [-0.15, -0.1) is 0 Å². The van der Waals surface area contributed by atoms with Crippen LogP contribution in [0.4, 0.5) is 18.0 Å². The number of hydrogen-bond donors (Lipinski definition) is 3. The van der Waals surface area contributed by atoms with Gasteiger partial charge in [0.2, 0.25) is 5.91 Å². The molecule has 0 aliphatic carbocycles. The van der Waals surface area contributed by atoms with Gasteiger partial charge in [0.15, 0.2) is 9.84 Å². The second-order valence-corrected chi connectivity index (χ2v) is 13.8. The Morgan fingerprint density at radius 3 is 2.56 bits per heavy atom. The first-order valence-corrected chi connectivity index (χ1v) is 16.2. The van der Waals surface area contributed by atoms with Crippen molar-refractivity contribution in [2.75, 3.05) is 18.8 Å². The van der Waals surface area contributed by atoms with Crippen molar-refractivity contribution in [1.29, 1.82) is 0 Å². The molecular weight excluding hydrogens is 662 g/mol. The lowest BCUT2D eigenvalue weighted by molar-refractivity contribution is -0.138. The average molecular weight is 693 g/mol. The number of hydrogen-bond acceptors (Lipinski definition) is 7. The highest BCUT2D eigenvalue weighted by molar-refractivity contribution is 7.91. The molecule has 0 saturated carbocycles. The monoisotopic (exact) mass is 691 g/mol. The van der Waals surface area contributed by atoms with Gasteiger partial charge in [-0.05, 0) is 61.7 Å². The van der Waals surface area contributed by atoms with Crippen LogP contribution in [0.15, 0.2) is 40.3 Å². The molecule has 2 amide bonds. The minimum absolute atomic E-state index is 0.0608. The molecule has 11 nitrogen and oxygen atoms in total. The quantitative estimate of drug-likeness (QED) is 0.301. The number of carbonyl (C=O) groups excluding carboxylic acids is 1. The molecule has 0 bridgehead atoms. The molecule has 2 heterocycles. The molecular formula is C28H30Cl2F3N5O6S. The number of likely N-dealkylation sites (tertiary alicyclic amines) is 1. The van der Waals surface area contributed by atoms with Crippen molar-refractivity contribution in [3.8, 4) is 0 Å². The van der Waals surface area contributed by atoms with E-state index in [4.69, 9.17) is 28.3 Å². The molecule has 3 N–H and O–H groups in total. The van der Waals surface area contributed by atoms with E-state index in [9.17, 15) is 36.0 Å². The summed E-state index contributed by atoms with van der Waals surface area (Å²) >= 11 is 12.6. The molecule has 0 unspecified atom stereocenters. The maximum absolute atomic E-state index is 14.4. The number of carbonyl (C=O) groups is 2. The van der Waals surface area contributed by atoms with E-state index in [0.29, 0.717) is 25.5 Å². The Bertz CT molecular complexity index is 1800. The maximum atomic E-state index is 14.4. The van der Waals surface area contributed by atoms with Crippen molar-refractivity contribution >= 4 is 55.9 Å². The fourth-order valence-electron chi connectivity index (χ4n) is 5.25. The molecule has 2 atom stereocenters. The van der Waals surface area contributed by atoms with E-state index in [1.807, 2.05) is 5.32 Å². The topological polar surface area (TPSA) is 151 Å². The van der Waals surface area contributed by atoms with E-state index in [2.05, 4.69) is 10.3 Å². The average Bonchev–Trinajstić information content (AvgIpc) is 2.95. The molecule has 1 aliphatic rings. The Kier molecular flexibility index (Phi) is 10.4. The summed E-state index contributed by atoms with van der Waals surface area (Å²) in [5.74, 6) is -0.785. The van der Waals surface area contributed by atoms with E-state index >= 15 is 0 Å². The van der Waals surface area contributed by atoms with Gasteiger partial charge >= 0.3 is 12.3 Å². The first-order chi connectivity index (χ1) is 21.0. The zero-order valence-electron chi connectivity index (χ0n) is 24.1. The summed E-state index contributed by atoms with van der Waals surface area (Å²) in [5, 5.41) is 13.1. The lowest BCUT2D eigenvalue weighted by Gasteiger charge is -2.34. The van der Waals surface area contributed by atoms with Gasteiger partial charge in [-0.25, -0.2) is 18.2 Å².